The number of aromatic nitrogens is 6. The summed E-state index contributed by atoms with van der Waals surface area (Å²) < 4.78 is 9.28. The lowest BCUT2D eigenvalue weighted by Gasteiger charge is -2.25. The van der Waals surface area contributed by atoms with Gasteiger partial charge in [-0.05, 0) is 24.2 Å². The van der Waals surface area contributed by atoms with E-state index in [2.05, 4.69) is 39.9 Å². The molecule has 0 unspecified atom stereocenters. The SMILES string of the molecule is C[Si](C)(C)CCOCn1ccc2c(N3C=C(C(=O)n4nnc5ccccc54)SCC3)ncnc21. The number of thioether (sulfide) groups is 1. The first-order chi connectivity index (χ1) is 16.4. The van der Waals surface area contributed by atoms with Gasteiger partial charge in [0.15, 0.2) is 0 Å². The zero-order valence-corrected chi connectivity index (χ0v) is 21.3. The van der Waals surface area contributed by atoms with E-state index in [1.807, 2.05) is 52.2 Å². The van der Waals surface area contributed by atoms with Crippen molar-refractivity contribution in [2.75, 3.05) is 23.8 Å². The molecule has 0 aliphatic carbocycles. The van der Waals surface area contributed by atoms with Crippen molar-refractivity contribution in [1.29, 1.82) is 0 Å². The lowest BCUT2D eigenvalue weighted by atomic mass is 10.3. The average molecular weight is 494 g/mol. The lowest BCUT2D eigenvalue weighted by Crippen LogP contribution is -2.27. The van der Waals surface area contributed by atoms with Gasteiger partial charge in [-0.25, -0.2) is 9.97 Å². The predicted octanol–water partition coefficient (Wildman–Crippen LogP) is 4.22. The molecule has 3 aromatic heterocycles. The molecule has 11 heteroatoms. The van der Waals surface area contributed by atoms with Crippen LogP contribution >= 0.6 is 11.8 Å². The largest absolute Gasteiger partial charge is 0.361 e. The summed E-state index contributed by atoms with van der Waals surface area (Å²) in [5.74, 6) is 1.35. The molecule has 176 valence electrons. The molecule has 0 atom stereocenters. The molecule has 1 aromatic carbocycles. The highest BCUT2D eigenvalue weighted by molar-refractivity contribution is 8.04. The third-order valence-corrected chi connectivity index (χ3v) is 8.33. The predicted molar refractivity (Wildman–Crippen MR) is 138 cm³/mol. The van der Waals surface area contributed by atoms with Crippen molar-refractivity contribution >= 4 is 53.6 Å². The normalized spacial score (nSPS) is 14.7. The quantitative estimate of drug-likeness (QED) is 0.279. The summed E-state index contributed by atoms with van der Waals surface area (Å²) in [6.07, 6.45) is 5.40. The number of carbonyl (C=O) groups excluding carboxylic acids is 1. The Bertz CT molecular complexity index is 1370. The number of carbonyl (C=O) groups is 1. The lowest BCUT2D eigenvalue weighted by molar-refractivity contribution is 0.0898. The van der Waals surface area contributed by atoms with Gasteiger partial charge in [0.25, 0.3) is 5.91 Å². The van der Waals surface area contributed by atoms with Crippen molar-refractivity contribution in [1.82, 2.24) is 29.5 Å². The van der Waals surface area contributed by atoms with Gasteiger partial charge in [-0.2, -0.15) is 4.68 Å². The van der Waals surface area contributed by atoms with Gasteiger partial charge in [0.2, 0.25) is 0 Å². The number of benzene rings is 1. The molecule has 5 rings (SSSR count). The molecule has 0 amide bonds. The summed E-state index contributed by atoms with van der Waals surface area (Å²) in [6, 6.07) is 10.6. The summed E-state index contributed by atoms with van der Waals surface area (Å²) in [5.41, 5.74) is 2.21. The van der Waals surface area contributed by atoms with Gasteiger partial charge in [-0.1, -0.05) is 37.0 Å². The first-order valence-electron chi connectivity index (χ1n) is 11.2. The Hall–Kier alpha value is -3.02. The van der Waals surface area contributed by atoms with E-state index in [1.165, 1.54) is 16.4 Å². The summed E-state index contributed by atoms with van der Waals surface area (Å²) in [5, 5.41) is 9.11. The van der Waals surface area contributed by atoms with Crippen LogP contribution in [0.1, 0.15) is 4.79 Å². The van der Waals surface area contributed by atoms with Crippen LogP contribution in [0.2, 0.25) is 25.7 Å². The van der Waals surface area contributed by atoms with Crippen molar-refractivity contribution in [2.45, 2.75) is 32.4 Å². The number of ether oxygens (including phenoxy) is 1. The maximum atomic E-state index is 13.2. The third kappa shape index (κ3) is 4.63. The van der Waals surface area contributed by atoms with E-state index in [0.29, 0.717) is 22.7 Å². The third-order valence-electron chi connectivity index (χ3n) is 5.65. The first kappa shape index (κ1) is 22.8. The van der Waals surface area contributed by atoms with Gasteiger partial charge in [0, 0.05) is 39.4 Å². The highest BCUT2D eigenvalue weighted by Crippen LogP contribution is 2.30. The maximum absolute atomic E-state index is 13.2. The van der Waals surface area contributed by atoms with Crippen LogP contribution in [0.5, 0.6) is 0 Å². The van der Waals surface area contributed by atoms with Crippen LogP contribution in [0.3, 0.4) is 0 Å². The summed E-state index contributed by atoms with van der Waals surface area (Å²) in [7, 11) is -1.13. The molecule has 4 heterocycles. The molecule has 1 aliphatic heterocycles. The number of rotatable bonds is 7. The minimum absolute atomic E-state index is 0.193. The van der Waals surface area contributed by atoms with Crippen molar-refractivity contribution in [3.8, 4) is 0 Å². The van der Waals surface area contributed by atoms with Crippen LogP contribution in [0.25, 0.3) is 22.1 Å². The van der Waals surface area contributed by atoms with Crippen molar-refractivity contribution in [2.24, 2.45) is 0 Å². The van der Waals surface area contributed by atoms with Crippen LogP contribution in [0.4, 0.5) is 5.82 Å². The molecule has 4 aromatic rings. The second-order valence-corrected chi connectivity index (χ2v) is 16.2. The smallest absolute Gasteiger partial charge is 0.288 e. The van der Waals surface area contributed by atoms with Gasteiger partial charge < -0.3 is 14.2 Å². The van der Waals surface area contributed by atoms with Gasteiger partial charge in [-0.3, -0.25) is 4.79 Å². The fraction of sp³-hybridized carbons (Fsp3) is 0.348. The van der Waals surface area contributed by atoms with Crippen molar-refractivity contribution in [3.05, 3.63) is 54.0 Å². The zero-order valence-electron chi connectivity index (χ0n) is 19.5. The van der Waals surface area contributed by atoms with Crippen LogP contribution in [-0.2, 0) is 11.5 Å². The van der Waals surface area contributed by atoms with E-state index in [-0.39, 0.29) is 5.91 Å². The minimum Gasteiger partial charge on any atom is -0.361 e. The topological polar surface area (TPSA) is 91.0 Å². The summed E-state index contributed by atoms with van der Waals surface area (Å²) in [4.78, 5) is 24.9. The number of anilines is 1. The fourth-order valence-corrected chi connectivity index (χ4v) is 5.45. The van der Waals surface area contributed by atoms with Crippen LogP contribution in [-0.4, -0.2) is 62.4 Å². The Morgan fingerprint density at radius 1 is 1.18 bits per heavy atom. The van der Waals surface area contributed by atoms with E-state index in [1.54, 1.807) is 6.33 Å². The second-order valence-electron chi connectivity index (χ2n) is 9.40. The Morgan fingerprint density at radius 3 is 2.88 bits per heavy atom. The molecule has 1 aliphatic rings. The Kier molecular flexibility index (Phi) is 6.24. The van der Waals surface area contributed by atoms with Gasteiger partial charge in [0.1, 0.15) is 30.0 Å². The molecule has 0 radical (unpaired) electrons. The monoisotopic (exact) mass is 493 g/mol. The van der Waals surface area contributed by atoms with E-state index in [9.17, 15) is 4.79 Å². The number of fused-ring (bicyclic) bond motifs is 2. The highest BCUT2D eigenvalue weighted by atomic mass is 32.2. The van der Waals surface area contributed by atoms with E-state index < -0.39 is 8.07 Å². The molecule has 0 saturated carbocycles. The van der Waals surface area contributed by atoms with Gasteiger partial charge in [0.05, 0.1) is 15.8 Å². The molecule has 0 bridgehead atoms. The van der Waals surface area contributed by atoms with Crippen LogP contribution in [0, 0.1) is 0 Å². The van der Waals surface area contributed by atoms with Crippen molar-refractivity contribution in [3.63, 3.8) is 0 Å². The van der Waals surface area contributed by atoms with Crippen molar-refractivity contribution < 1.29 is 9.53 Å². The number of nitrogens with zero attached hydrogens (tertiary/aromatic N) is 7. The summed E-state index contributed by atoms with van der Waals surface area (Å²) in [6.45, 7) is 8.98. The standard InChI is InChI=1S/C23H27N7O2SSi/c1-34(2,3)13-11-32-16-29-9-8-17-21(24-15-25-22(17)29)28-10-12-33-20(14-28)23(31)30-19-7-5-4-6-18(19)26-27-30/h4-9,14-15H,10-13,16H2,1-3H3. The second kappa shape index (κ2) is 9.32. The van der Waals surface area contributed by atoms with E-state index in [0.717, 1.165) is 41.8 Å². The average Bonchev–Trinajstić information content (AvgIpc) is 3.45. The minimum atomic E-state index is -1.13. The number of hydrogen-bond acceptors (Lipinski definition) is 8. The summed E-state index contributed by atoms with van der Waals surface area (Å²) >= 11 is 1.52. The maximum Gasteiger partial charge on any atom is 0.288 e. The van der Waals surface area contributed by atoms with Crippen LogP contribution < -0.4 is 4.90 Å². The molecule has 34 heavy (non-hydrogen) atoms. The molecular weight excluding hydrogens is 466 g/mol. The zero-order chi connectivity index (χ0) is 23.7. The number of hydrogen-bond donors (Lipinski definition) is 0. The Labute approximate surface area is 202 Å². The number of allylic oxidation sites excluding steroid dienone is 1. The molecule has 0 fully saturated rings. The molecule has 0 saturated heterocycles. The van der Waals surface area contributed by atoms with E-state index in [4.69, 9.17) is 4.74 Å². The molecule has 0 spiro atoms. The van der Waals surface area contributed by atoms with Gasteiger partial charge in [-0.15, -0.1) is 16.9 Å². The Balaban J connectivity index is 1.38. The Morgan fingerprint density at radius 2 is 2.03 bits per heavy atom. The molecular formula is C23H27N7O2SSi. The van der Waals surface area contributed by atoms with Gasteiger partial charge >= 0.3 is 0 Å². The van der Waals surface area contributed by atoms with E-state index >= 15 is 0 Å². The molecule has 0 N–H and O–H groups in total. The number of para-hydroxylation sites is 1. The first-order valence-corrected chi connectivity index (χ1v) is 15.9. The fourth-order valence-electron chi connectivity index (χ4n) is 3.77. The van der Waals surface area contributed by atoms with Crippen LogP contribution in [0.15, 0.2) is 54.0 Å². The molecule has 9 nitrogen and oxygen atoms in total. The highest BCUT2D eigenvalue weighted by Gasteiger charge is 2.24.